The van der Waals surface area contributed by atoms with Gasteiger partial charge in [0.2, 0.25) is 10.0 Å². The van der Waals surface area contributed by atoms with E-state index in [1.165, 1.54) is 18.5 Å². The summed E-state index contributed by atoms with van der Waals surface area (Å²) in [6, 6.07) is 13.6. The topological polar surface area (TPSA) is 55.8 Å². The highest BCUT2D eigenvalue weighted by Gasteiger charge is 2.28. The number of sulfonamides is 1. The Bertz CT molecular complexity index is 798. The van der Waals surface area contributed by atoms with E-state index in [0.29, 0.717) is 10.6 Å². The summed E-state index contributed by atoms with van der Waals surface area (Å²) in [5.74, 6) is 0. The normalized spacial score (nSPS) is 12.1. The molecular weight excluding hydrogens is 430 g/mol. The minimum absolute atomic E-state index is 0.0383. The summed E-state index contributed by atoms with van der Waals surface area (Å²) >= 11 is 9.61. The van der Waals surface area contributed by atoms with Crippen LogP contribution in [0.2, 0.25) is 5.02 Å². The molecule has 136 valence electrons. The second kappa shape index (κ2) is 9.12. The molecule has 2 rings (SSSR count). The van der Waals surface area contributed by atoms with Crippen LogP contribution in [-0.2, 0) is 26.0 Å². The van der Waals surface area contributed by atoms with Gasteiger partial charge in [-0.2, -0.15) is 4.31 Å². The Hall–Kier alpha value is -0.960. The summed E-state index contributed by atoms with van der Waals surface area (Å²) in [5, 5.41) is 0.481. The Kier molecular flexibility index (Phi) is 7.42. The fourth-order valence-electron chi connectivity index (χ4n) is 2.24. The maximum atomic E-state index is 13.0. The van der Waals surface area contributed by atoms with Crippen molar-refractivity contribution in [2.24, 2.45) is 0 Å². The summed E-state index contributed by atoms with van der Waals surface area (Å²) in [6.45, 7) is 0.142. The van der Waals surface area contributed by atoms with E-state index < -0.39 is 16.3 Å². The van der Waals surface area contributed by atoms with Gasteiger partial charge < -0.3 is 9.47 Å². The molecule has 2 aromatic rings. The zero-order chi connectivity index (χ0) is 18.4. The fraction of sp³-hybridized carbons (Fsp3) is 0.294. The third-order valence-corrected chi connectivity index (χ3v) is 6.29. The Balaban J connectivity index is 2.39. The lowest BCUT2D eigenvalue weighted by Crippen LogP contribution is -2.38. The summed E-state index contributed by atoms with van der Waals surface area (Å²) < 4.78 is 38.6. The molecule has 0 amide bonds. The van der Waals surface area contributed by atoms with Crippen molar-refractivity contribution in [1.82, 2.24) is 4.31 Å². The number of benzene rings is 2. The number of nitrogens with zero attached hydrogens (tertiary/aromatic N) is 1. The van der Waals surface area contributed by atoms with Crippen molar-refractivity contribution in [3.63, 3.8) is 0 Å². The summed E-state index contributed by atoms with van der Waals surface area (Å²) in [5.41, 5.74) is 0.690. The van der Waals surface area contributed by atoms with Gasteiger partial charge in [0.05, 0.1) is 11.4 Å². The first-order chi connectivity index (χ1) is 11.9. The number of hydrogen-bond acceptors (Lipinski definition) is 4. The van der Waals surface area contributed by atoms with E-state index in [1.54, 1.807) is 42.5 Å². The van der Waals surface area contributed by atoms with E-state index in [4.69, 9.17) is 21.1 Å². The van der Waals surface area contributed by atoms with Gasteiger partial charge in [0.1, 0.15) is 0 Å². The van der Waals surface area contributed by atoms with Crippen LogP contribution in [0.3, 0.4) is 0 Å². The highest BCUT2D eigenvalue weighted by atomic mass is 79.9. The molecule has 0 heterocycles. The lowest BCUT2D eigenvalue weighted by atomic mass is 10.2. The van der Waals surface area contributed by atoms with Crippen molar-refractivity contribution < 1.29 is 17.9 Å². The molecule has 0 atom stereocenters. The average Bonchev–Trinajstić information content (AvgIpc) is 2.61. The minimum atomic E-state index is -3.74. The van der Waals surface area contributed by atoms with Crippen molar-refractivity contribution in [3.8, 4) is 0 Å². The fourth-order valence-corrected chi connectivity index (χ4v) is 4.40. The molecule has 5 nitrogen and oxygen atoms in total. The van der Waals surface area contributed by atoms with Crippen LogP contribution in [0.15, 0.2) is 57.9 Å². The second-order valence-corrected chi connectivity index (χ2v) is 8.51. The SMILES string of the molecule is COC(CN(Cc1ccc(Br)cc1Cl)S(=O)(=O)c1ccccc1)OC. The molecule has 2 aromatic carbocycles. The number of rotatable bonds is 8. The monoisotopic (exact) mass is 447 g/mol. The van der Waals surface area contributed by atoms with Gasteiger partial charge >= 0.3 is 0 Å². The van der Waals surface area contributed by atoms with Gasteiger partial charge in [-0.05, 0) is 29.8 Å². The van der Waals surface area contributed by atoms with E-state index in [0.717, 1.165) is 4.47 Å². The summed E-state index contributed by atoms with van der Waals surface area (Å²) in [6.07, 6.45) is -0.687. The van der Waals surface area contributed by atoms with Crippen LogP contribution >= 0.6 is 27.5 Å². The number of halogens is 2. The summed E-state index contributed by atoms with van der Waals surface area (Å²) in [7, 11) is -0.806. The van der Waals surface area contributed by atoms with Crippen LogP contribution in [0.5, 0.6) is 0 Å². The van der Waals surface area contributed by atoms with Gasteiger partial charge in [0.15, 0.2) is 6.29 Å². The van der Waals surface area contributed by atoms with Gasteiger partial charge in [-0.25, -0.2) is 8.42 Å². The molecule has 0 aliphatic carbocycles. The van der Waals surface area contributed by atoms with E-state index in [-0.39, 0.29) is 18.0 Å². The van der Waals surface area contributed by atoms with Gasteiger partial charge in [-0.1, -0.05) is 51.8 Å². The smallest absolute Gasteiger partial charge is 0.243 e. The Morgan fingerprint density at radius 2 is 1.76 bits per heavy atom. The molecule has 8 heteroatoms. The molecule has 0 saturated heterocycles. The third-order valence-electron chi connectivity index (χ3n) is 3.62. The van der Waals surface area contributed by atoms with E-state index >= 15 is 0 Å². The zero-order valence-electron chi connectivity index (χ0n) is 13.9. The first-order valence-corrected chi connectivity index (χ1v) is 10.0. The quantitative estimate of drug-likeness (QED) is 0.575. The highest BCUT2D eigenvalue weighted by molar-refractivity contribution is 9.10. The summed E-state index contributed by atoms with van der Waals surface area (Å²) in [4.78, 5) is 0.203. The van der Waals surface area contributed by atoms with Crippen molar-refractivity contribution >= 4 is 37.6 Å². The van der Waals surface area contributed by atoms with Gasteiger partial charge in [-0.15, -0.1) is 0 Å². The van der Waals surface area contributed by atoms with E-state index in [9.17, 15) is 8.42 Å². The van der Waals surface area contributed by atoms with Crippen LogP contribution in [0, 0.1) is 0 Å². The number of ether oxygens (including phenoxy) is 2. The molecular formula is C17H19BrClNO4S. The predicted molar refractivity (Wildman–Crippen MR) is 101 cm³/mol. The van der Waals surface area contributed by atoms with Gasteiger partial charge in [0.25, 0.3) is 0 Å². The number of methoxy groups -OCH3 is 2. The molecule has 0 unspecified atom stereocenters. The van der Waals surface area contributed by atoms with Crippen molar-refractivity contribution in [2.75, 3.05) is 20.8 Å². The zero-order valence-corrected chi connectivity index (χ0v) is 17.0. The Morgan fingerprint density at radius 1 is 1.12 bits per heavy atom. The Labute approximate surface area is 161 Å². The second-order valence-electron chi connectivity index (χ2n) is 5.25. The third kappa shape index (κ3) is 5.26. The predicted octanol–water partition coefficient (Wildman–Crippen LogP) is 3.91. The average molecular weight is 449 g/mol. The molecule has 0 fully saturated rings. The standard InChI is InChI=1S/C17H19BrClNO4S/c1-23-17(24-2)12-20(11-13-8-9-14(18)10-16(13)19)25(21,22)15-6-4-3-5-7-15/h3-10,17H,11-12H2,1-2H3. The molecule has 0 aliphatic rings. The van der Waals surface area contributed by atoms with Crippen molar-refractivity contribution in [1.29, 1.82) is 0 Å². The Morgan fingerprint density at radius 3 is 2.32 bits per heavy atom. The van der Waals surface area contributed by atoms with Crippen LogP contribution in [-0.4, -0.2) is 39.8 Å². The van der Waals surface area contributed by atoms with Crippen LogP contribution in [0.1, 0.15) is 5.56 Å². The maximum absolute atomic E-state index is 13.0. The first-order valence-electron chi connectivity index (χ1n) is 7.43. The van der Waals surface area contributed by atoms with Gasteiger partial charge in [-0.3, -0.25) is 0 Å². The highest BCUT2D eigenvalue weighted by Crippen LogP contribution is 2.25. The molecule has 0 spiro atoms. The largest absolute Gasteiger partial charge is 0.354 e. The first kappa shape index (κ1) is 20.4. The molecule has 25 heavy (non-hydrogen) atoms. The molecule has 0 aliphatic heterocycles. The lowest BCUT2D eigenvalue weighted by molar-refractivity contribution is -0.108. The molecule has 0 radical (unpaired) electrons. The van der Waals surface area contributed by atoms with Crippen LogP contribution < -0.4 is 0 Å². The maximum Gasteiger partial charge on any atom is 0.243 e. The van der Waals surface area contributed by atoms with Crippen LogP contribution in [0.25, 0.3) is 0 Å². The molecule has 0 bridgehead atoms. The molecule has 0 aromatic heterocycles. The minimum Gasteiger partial charge on any atom is -0.354 e. The van der Waals surface area contributed by atoms with E-state index in [2.05, 4.69) is 15.9 Å². The van der Waals surface area contributed by atoms with Crippen molar-refractivity contribution in [2.45, 2.75) is 17.7 Å². The molecule has 0 N–H and O–H groups in total. The van der Waals surface area contributed by atoms with Crippen LogP contribution in [0.4, 0.5) is 0 Å². The van der Waals surface area contributed by atoms with Crippen molar-refractivity contribution in [3.05, 3.63) is 63.6 Å². The lowest BCUT2D eigenvalue weighted by Gasteiger charge is -2.26. The van der Waals surface area contributed by atoms with Gasteiger partial charge in [0, 0.05) is 30.3 Å². The van der Waals surface area contributed by atoms with E-state index in [1.807, 2.05) is 6.07 Å². The number of hydrogen-bond donors (Lipinski definition) is 0. The molecule has 0 saturated carbocycles.